The van der Waals surface area contributed by atoms with Gasteiger partial charge in [-0.25, -0.2) is 4.98 Å². The Hall–Kier alpha value is -6.06. The minimum absolute atomic E-state index is 0.0616. The van der Waals surface area contributed by atoms with Crippen LogP contribution in [0.4, 0.5) is 18.9 Å². The van der Waals surface area contributed by atoms with E-state index in [9.17, 15) is 37.5 Å². The van der Waals surface area contributed by atoms with E-state index in [1.807, 2.05) is 13.8 Å². The fraction of sp³-hybridized carbons (Fsp3) is 0.390. The summed E-state index contributed by atoms with van der Waals surface area (Å²) in [6.45, 7) is 7.47. The highest BCUT2D eigenvalue weighted by molar-refractivity contribution is 5.95. The molecule has 0 spiro atoms. The number of fused-ring (bicyclic) bond motifs is 1. The highest BCUT2D eigenvalue weighted by Gasteiger charge is 2.42. The number of amides is 3. The van der Waals surface area contributed by atoms with E-state index >= 15 is 0 Å². The Morgan fingerprint density at radius 3 is 2.28 bits per heavy atom. The van der Waals surface area contributed by atoms with Gasteiger partial charge in [-0.05, 0) is 79.6 Å². The second kappa shape index (κ2) is 15.8. The lowest BCUT2D eigenvalue weighted by Crippen LogP contribution is -2.48. The van der Waals surface area contributed by atoms with E-state index in [4.69, 9.17) is 4.98 Å². The third kappa shape index (κ3) is 7.85. The molecule has 3 amide bonds. The molecule has 57 heavy (non-hydrogen) atoms. The summed E-state index contributed by atoms with van der Waals surface area (Å²) >= 11 is 0. The average molecular weight is 787 g/mol. The van der Waals surface area contributed by atoms with Gasteiger partial charge in [-0.1, -0.05) is 39.8 Å². The monoisotopic (exact) mass is 786 g/mol. The number of aromatic hydroxyl groups is 1. The van der Waals surface area contributed by atoms with E-state index in [0.29, 0.717) is 53.6 Å². The number of benzene rings is 2. The Morgan fingerprint density at radius 1 is 1.02 bits per heavy atom. The zero-order valence-corrected chi connectivity index (χ0v) is 32.6. The maximum atomic E-state index is 14.8. The van der Waals surface area contributed by atoms with E-state index < -0.39 is 34.5 Å². The Labute approximate surface area is 327 Å². The number of likely N-dealkylation sites (tertiary alicyclic amines) is 1. The first-order valence-electron chi connectivity index (χ1n) is 18.8. The van der Waals surface area contributed by atoms with Crippen LogP contribution in [-0.2, 0) is 29.4 Å². The fourth-order valence-corrected chi connectivity index (χ4v) is 7.60. The minimum Gasteiger partial charge on any atom is -0.505 e. The van der Waals surface area contributed by atoms with Crippen molar-refractivity contribution >= 4 is 29.2 Å². The van der Waals surface area contributed by atoms with E-state index in [2.05, 4.69) is 15.4 Å². The van der Waals surface area contributed by atoms with Crippen molar-refractivity contribution in [2.24, 2.45) is 0 Å². The molecule has 2 aromatic carbocycles. The van der Waals surface area contributed by atoms with Gasteiger partial charge in [0.1, 0.15) is 12.3 Å². The second-order valence-corrected chi connectivity index (χ2v) is 14.8. The SMILES string of the molecule is CCc1c(C2(CC)CCN(C(=O)c3ncccc3O)CC2)c(=O)n2nc(-c3ccc(C(=O)N(C)C)cc3)nc2n1CC(=O)Nc1ccc(C(F)(F)F)cc1C(C)C. The highest BCUT2D eigenvalue weighted by Crippen LogP contribution is 2.40. The Bertz CT molecular complexity index is 2390. The van der Waals surface area contributed by atoms with Crippen LogP contribution in [0.25, 0.3) is 17.2 Å². The molecule has 13 nitrogen and oxygen atoms in total. The molecule has 16 heteroatoms. The standard InChI is InChI=1S/C41H45F3N8O5/c1-7-30-33(40(8-2)17-20-50(21-18-40)38(57)34-31(53)10-9-19-45-34)37(56)52-39(47-35(48-52)25-11-13-26(14-12-25)36(55)49(5)6)51(30)23-32(54)46-29-16-15-27(41(42,43)44)22-28(29)24(3)4/h9-16,19,22,24,53H,7-8,17-18,20-21,23H2,1-6H3,(H,46,54). The van der Waals surface area contributed by atoms with Crippen molar-refractivity contribution in [3.8, 4) is 17.1 Å². The molecule has 0 bridgehead atoms. The number of hydrogen-bond donors (Lipinski definition) is 2. The molecule has 1 saturated heterocycles. The van der Waals surface area contributed by atoms with E-state index in [-0.39, 0.29) is 60.2 Å². The van der Waals surface area contributed by atoms with Crippen LogP contribution in [0.1, 0.15) is 96.1 Å². The van der Waals surface area contributed by atoms with Crippen LogP contribution in [0.2, 0.25) is 0 Å². The number of halogens is 3. The van der Waals surface area contributed by atoms with Crippen LogP contribution in [0.3, 0.4) is 0 Å². The molecule has 0 saturated carbocycles. The lowest BCUT2D eigenvalue weighted by molar-refractivity contribution is -0.137. The van der Waals surface area contributed by atoms with Crippen molar-refractivity contribution in [1.29, 1.82) is 0 Å². The predicted molar refractivity (Wildman–Crippen MR) is 207 cm³/mol. The molecular formula is C41H45F3N8O5. The second-order valence-electron chi connectivity index (χ2n) is 14.8. The van der Waals surface area contributed by atoms with Crippen LogP contribution in [0.15, 0.2) is 65.6 Å². The molecule has 0 aliphatic carbocycles. The summed E-state index contributed by atoms with van der Waals surface area (Å²) in [7, 11) is 3.29. The average Bonchev–Trinajstić information content (AvgIpc) is 3.64. The minimum atomic E-state index is -4.56. The van der Waals surface area contributed by atoms with Crippen LogP contribution in [0.5, 0.6) is 5.75 Å². The number of hydrogen-bond acceptors (Lipinski definition) is 8. The molecular weight excluding hydrogens is 741 g/mol. The fourth-order valence-electron chi connectivity index (χ4n) is 7.60. The molecule has 4 heterocycles. The molecule has 3 aromatic heterocycles. The number of alkyl halides is 3. The van der Waals surface area contributed by atoms with Gasteiger partial charge in [-0.15, -0.1) is 5.10 Å². The van der Waals surface area contributed by atoms with Gasteiger partial charge < -0.3 is 24.8 Å². The van der Waals surface area contributed by atoms with Crippen molar-refractivity contribution < 1.29 is 32.7 Å². The highest BCUT2D eigenvalue weighted by atomic mass is 19.4. The number of rotatable bonds is 10. The molecule has 0 atom stereocenters. The van der Waals surface area contributed by atoms with Crippen molar-refractivity contribution in [2.75, 3.05) is 32.5 Å². The van der Waals surface area contributed by atoms with Crippen molar-refractivity contribution in [3.63, 3.8) is 0 Å². The lowest BCUT2D eigenvalue weighted by atomic mass is 9.70. The third-order valence-corrected chi connectivity index (χ3v) is 10.8. The summed E-state index contributed by atoms with van der Waals surface area (Å²) in [6, 6.07) is 12.7. The van der Waals surface area contributed by atoms with Crippen LogP contribution in [0, 0.1) is 0 Å². The maximum Gasteiger partial charge on any atom is 0.416 e. The van der Waals surface area contributed by atoms with Crippen LogP contribution >= 0.6 is 0 Å². The number of anilines is 1. The number of nitrogens with one attached hydrogen (secondary N) is 1. The summed E-state index contributed by atoms with van der Waals surface area (Å²) in [6.07, 6.45) is -1.55. The third-order valence-electron chi connectivity index (χ3n) is 10.8. The van der Waals surface area contributed by atoms with Crippen molar-refractivity contribution in [1.82, 2.24) is 33.9 Å². The zero-order chi connectivity index (χ0) is 41.4. The number of carbonyl (C=O) groups is 3. The Kier molecular flexibility index (Phi) is 11.3. The van der Waals surface area contributed by atoms with Crippen molar-refractivity contribution in [3.05, 3.63) is 105 Å². The maximum absolute atomic E-state index is 14.8. The van der Waals surface area contributed by atoms with Gasteiger partial charge in [0.15, 0.2) is 11.5 Å². The Morgan fingerprint density at radius 2 is 1.70 bits per heavy atom. The number of pyridine rings is 1. The van der Waals surface area contributed by atoms with Crippen molar-refractivity contribution in [2.45, 2.75) is 77.4 Å². The van der Waals surface area contributed by atoms with E-state index in [1.165, 1.54) is 33.8 Å². The summed E-state index contributed by atoms with van der Waals surface area (Å²) in [5.41, 5.74) is 0.403. The molecule has 1 aliphatic rings. The topological polar surface area (TPSA) is 155 Å². The van der Waals surface area contributed by atoms with Gasteiger partial charge in [0.25, 0.3) is 17.4 Å². The number of carbonyl (C=O) groups excluding carboxylic acids is 3. The van der Waals surface area contributed by atoms with Gasteiger partial charge in [-0.3, -0.25) is 19.2 Å². The molecule has 300 valence electrons. The quantitative estimate of drug-likeness (QED) is 0.168. The largest absolute Gasteiger partial charge is 0.505 e. The predicted octanol–water partition coefficient (Wildman–Crippen LogP) is 6.29. The van der Waals surface area contributed by atoms with Crippen LogP contribution in [-0.4, -0.2) is 84.0 Å². The van der Waals surface area contributed by atoms with Gasteiger partial charge in [0.05, 0.1) is 5.56 Å². The number of nitrogens with zero attached hydrogens (tertiary/aromatic N) is 7. The molecule has 1 aliphatic heterocycles. The molecule has 5 aromatic rings. The first kappa shape index (κ1) is 40.6. The molecule has 1 fully saturated rings. The summed E-state index contributed by atoms with van der Waals surface area (Å²) in [5.74, 6) is -1.50. The molecule has 6 rings (SSSR count). The zero-order valence-electron chi connectivity index (χ0n) is 32.6. The summed E-state index contributed by atoms with van der Waals surface area (Å²) in [5, 5.41) is 17.8. The van der Waals surface area contributed by atoms with E-state index in [0.717, 1.165) is 12.1 Å². The Balaban J connectivity index is 1.45. The normalized spacial score (nSPS) is 14.2. The van der Waals surface area contributed by atoms with Gasteiger partial charge >= 0.3 is 6.18 Å². The first-order chi connectivity index (χ1) is 27.0. The molecule has 2 N–H and O–H groups in total. The lowest BCUT2D eigenvalue weighted by Gasteiger charge is -2.42. The van der Waals surface area contributed by atoms with Gasteiger partial charge in [-0.2, -0.15) is 22.7 Å². The van der Waals surface area contributed by atoms with E-state index in [1.54, 1.807) is 61.7 Å². The number of aromatic nitrogens is 5. The van der Waals surface area contributed by atoms with Crippen LogP contribution < -0.4 is 10.9 Å². The summed E-state index contributed by atoms with van der Waals surface area (Å²) in [4.78, 5) is 66.6. The van der Waals surface area contributed by atoms with Gasteiger partial charge in [0, 0.05) is 66.9 Å². The first-order valence-corrected chi connectivity index (χ1v) is 18.8. The summed E-state index contributed by atoms with van der Waals surface area (Å²) < 4.78 is 43.7. The van der Waals surface area contributed by atoms with Gasteiger partial charge in [0.2, 0.25) is 11.7 Å². The smallest absolute Gasteiger partial charge is 0.416 e. The number of piperidine rings is 1. The molecule has 0 radical (unpaired) electrons. The molecule has 0 unspecified atom stereocenters.